The maximum atomic E-state index is 13.1. The van der Waals surface area contributed by atoms with Crippen LogP contribution in [0.3, 0.4) is 0 Å². The van der Waals surface area contributed by atoms with Crippen molar-refractivity contribution in [2.75, 3.05) is 10.2 Å². The van der Waals surface area contributed by atoms with Crippen LogP contribution < -0.4 is 10.2 Å². The second-order valence-electron chi connectivity index (χ2n) is 8.83. The minimum Gasteiger partial charge on any atom is -0.364 e. The first-order chi connectivity index (χ1) is 14.1. The summed E-state index contributed by atoms with van der Waals surface area (Å²) >= 11 is 0. The van der Waals surface area contributed by atoms with Gasteiger partial charge in [-0.05, 0) is 93.6 Å². The number of nitrogens with zero attached hydrogens (tertiary/aromatic N) is 2. The van der Waals surface area contributed by atoms with Gasteiger partial charge in [0.05, 0.1) is 0 Å². The SMILES string of the molecule is CC(C)N1c2ccc(/C=C(/C#N)C(=O)Nc3ccc(F)cc3)cc2[C@@H](C)CC1(C)C. The van der Waals surface area contributed by atoms with Gasteiger partial charge in [0.1, 0.15) is 17.5 Å². The first kappa shape index (κ1) is 21.6. The summed E-state index contributed by atoms with van der Waals surface area (Å²) in [7, 11) is 0. The smallest absolute Gasteiger partial charge is 0.266 e. The van der Waals surface area contributed by atoms with Crippen molar-refractivity contribution in [1.29, 1.82) is 5.26 Å². The Balaban J connectivity index is 1.91. The Labute approximate surface area is 178 Å². The largest absolute Gasteiger partial charge is 0.364 e. The molecule has 5 heteroatoms. The van der Waals surface area contributed by atoms with Gasteiger partial charge in [0.25, 0.3) is 5.91 Å². The molecule has 30 heavy (non-hydrogen) atoms. The van der Waals surface area contributed by atoms with Crippen molar-refractivity contribution in [3.05, 3.63) is 65.0 Å². The number of nitriles is 1. The van der Waals surface area contributed by atoms with Gasteiger partial charge in [-0.1, -0.05) is 13.0 Å². The van der Waals surface area contributed by atoms with Crippen LogP contribution >= 0.6 is 0 Å². The number of amides is 1. The highest BCUT2D eigenvalue weighted by Crippen LogP contribution is 2.44. The third-order valence-corrected chi connectivity index (χ3v) is 5.59. The molecule has 1 heterocycles. The molecule has 1 amide bonds. The van der Waals surface area contributed by atoms with E-state index < -0.39 is 5.91 Å². The molecule has 0 bridgehead atoms. The number of benzene rings is 2. The number of nitrogens with one attached hydrogen (secondary N) is 1. The summed E-state index contributed by atoms with van der Waals surface area (Å²) in [5.74, 6) is -0.525. The van der Waals surface area contributed by atoms with Gasteiger partial charge in [0, 0.05) is 23.0 Å². The van der Waals surface area contributed by atoms with Gasteiger partial charge < -0.3 is 10.2 Å². The van der Waals surface area contributed by atoms with E-state index in [1.165, 1.54) is 35.5 Å². The van der Waals surface area contributed by atoms with Gasteiger partial charge in [-0.2, -0.15) is 5.26 Å². The molecular formula is C25H28FN3O. The molecule has 1 aliphatic rings. The lowest BCUT2D eigenvalue weighted by atomic mass is 9.79. The number of anilines is 2. The van der Waals surface area contributed by atoms with E-state index in [1.54, 1.807) is 6.08 Å². The molecule has 3 rings (SSSR count). The fourth-order valence-corrected chi connectivity index (χ4v) is 4.58. The zero-order valence-corrected chi connectivity index (χ0v) is 18.2. The molecule has 0 fully saturated rings. The Hall–Kier alpha value is -3.13. The first-order valence-electron chi connectivity index (χ1n) is 10.2. The fourth-order valence-electron chi connectivity index (χ4n) is 4.58. The lowest BCUT2D eigenvalue weighted by Crippen LogP contribution is -2.51. The number of hydrogen-bond acceptors (Lipinski definition) is 3. The van der Waals surface area contributed by atoms with Crippen LogP contribution in [0.15, 0.2) is 48.0 Å². The van der Waals surface area contributed by atoms with Crippen LogP contribution in [0.4, 0.5) is 15.8 Å². The van der Waals surface area contributed by atoms with Crippen LogP contribution in [0, 0.1) is 17.1 Å². The molecule has 0 unspecified atom stereocenters. The molecule has 0 spiro atoms. The second-order valence-corrected chi connectivity index (χ2v) is 8.83. The van der Waals surface area contributed by atoms with Crippen molar-refractivity contribution in [3.8, 4) is 6.07 Å². The minimum atomic E-state index is -0.514. The van der Waals surface area contributed by atoms with Crippen molar-refractivity contribution in [2.24, 2.45) is 0 Å². The zero-order chi connectivity index (χ0) is 22.1. The molecule has 0 aliphatic carbocycles. The topological polar surface area (TPSA) is 56.1 Å². The van der Waals surface area contributed by atoms with Gasteiger partial charge >= 0.3 is 0 Å². The van der Waals surface area contributed by atoms with E-state index in [1.807, 2.05) is 12.1 Å². The van der Waals surface area contributed by atoms with Crippen molar-refractivity contribution < 1.29 is 9.18 Å². The lowest BCUT2D eigenvalue weighted by Gasteiger charge is -2.50. The normalized spacial score (nSPS) is 18.0. The molecule has 0 saturated heterocycles. The van der Waals surface area contributed by atoms with Gasteiger partial charge in [0.15, 0.2) is 0 Å². The summed E-state index contributed by atoms with van der Waals surface area (Å²) in [6.07, 6.45) is 2.63. The summed E-state index contributed by atoms with van der Waals surface area (Å²) in [5.41, 5.74) is 3.76. The highest BCUT2D eigenvalue weighted by Gasteiger charge is 2.37. The predicted molar refractivity (Wildman–Crippen MR) is 120 cm³/mol. The van der Waals surface area contributed by atoms with E-state index in [-0.39, 0.29) is 16.9 Å². The molecule has 156 valence electrons. The molecule has 4 nitrogen and oxygen atoms in total. The number of fused-ring (bicyclic) bond motifs is 1. The molecule has 0 radical (unpaired) electrons. The summed E-state index contributed by atoms with van der Waals surface area (Å²) in [6.45, 7) is 11.2. The predicted octanol–water partition coefficient (Wildman–Crippen LogP) is 5.87. The average molecular weight is 406 g/mol. The van der Waals surface area contributed by atoms with E-state index in [2.05, 4.69) is 57.0 Å². The van der Waals surface area contributed by atoms with Gasteiger partial charge in [-0.15, -0.1) is 0 Å². The third-order valence-electron chi connectivity index (χ3n) is 5.59. The van der Waals surface area contributed by atoms with Crippen molar-refractivity contribution in [3.63, 3.8) is 0 Å². The Morgan fingerprint density at radius 2 is 1.93 bits per heavy atom. The summed E-state index contributed by atoms with van der Waals surface area (Å²) < 4.78 is 13.1. The molecule has 1 aliphatic heterocycles. The molecule has 1 N–H and O–H groups in total. The standard InChI is InChI=1S/C25H28FN3O/c1-16(2)29-23-11-6-18(13-22(23)17(3)14-25(29,4)5)12-19(15-27)24(30)28-21-9-7-20(26)8-10-21/h6-13,16-17H,14H2,1-5H3,(H,28,30)/b19-12-/t17-/m0/s1. The fraction of sp³-hybridized carbons (Fsp3) is 0.360. The summed E-state index contributed by atoms with van der Waals surface area (Å²) in [6, 6.07) is 13.9. The first-order valence-corrected chi connectivity index (χ1v) is 10.2. The summed E-state index contributed by atoms with van der Waals surface area (Å²) in [5, 5.41) is 12.1. The van der Waals surface area contributed by atoms with E-state index in [0.29, 0.717) is 17.6 Å². The van der Waals surface area contributed by atoms with Crippen LogP contribution in [0.1, 0.15) is 58.1 Å². The van der Waals surface area contributed by atoms with Crippen LogP contribution in [0.5, 0.6) is 0 Å². The zero-order valence-electron chi connectivity index (χ0n) is 18.2. The molecule has 2 aromatic carbocycles. The quantitative estimate of drug-likeness (QED) is 0.511. The van der Waals surface area contributed by atoms with Crippen molar-refractivity contribution >= 4 is 23.4 Å². The number of hydrogen-bond donors (Lipinski definition) is 1. The Kier molecular flexibility index (Phi) is 5.98. The lowest BCUT2D eigenvalue weighted by molar-refractivity contribution is -0.112. The van der Waals surface area contributed by atoms with Gasteiger partial charge in [-0.25, -0.2) is 4.39 Å². The number of carbonyl (C=O) groups excluding carboxylic acids is 1. The number of halogens is 1. The highest BCUT2D eigenvalue weighted by molar-refractivity contribution is 6.09. The Bertz CT molecular complexity index is 1020. The monoisotopic (exact) mass is 405 g/mol. The maximum Gasteiger partial charge on any atom is 0.266 e. The Morgan fingerprint density at radius 1 is 1.27 bits per heavy atom. The van der Waals surface area contributed by atoms with E-state index in [0.717, 1.165) is 12.0 Å². The molecule has 0 saturated carbocycles. The van der Waals surface area contributed by atoms with Crippen LogP contribution in [0.2, 0.25) is 0 Å². The second kappa shape index (κ2) is 8.31. The van der Waals surface area contributed by atoms with Crippen LogP contribution in [0.25, 0.3) is 6.08 Å². The van der Waals surface area contributed by atoms with Gasteiger partial charge in [-0.3, -0.25) is 4.79 Å². The van der Waals surface area contributed by atoms with E-state index in [9.17, 15) is 14.4 Å². The third kappa shape index (κ3) is 4.38. The molecule has 2 aromatic rings. The van der Waals surface area contributed by atoms with Crippen LogP contribution in [-0.2, 0) is 4.79 Å². The molecule has 0 aromatic heterocycles. The highest BCUT2D eigenvalue weighted by atomic mass is 19.1. The Morgan fingerprint density at radius 3 is 2.53 bits per heavy atom. The molecule has 1 atom stereocenters. The summed E-state index contributed by atoms with van der Waals surface area (Å²) in [4.78, 5) is 15.0. The number of carbonyl (C=O) groups is 1. The average Bonchev–Trinajstić information content (AvgIpc) is 2.67. The maximum absolute atomic E-state index is 13.1. The van der Waals surface area contributed by atoms with Gasteiger partial charge in [0.2, 0.25) is 0 Å². The number of rotatable bonds is 4. The van der Waals surface area contributed by atoms with Crippen molar-refractivity contribution in [1.82, 2.24) is 0 Å². The van der Waals surface area contributed by atoms with Crippen molar-refractivity contribution in [2.45, 2.75) is 58.5 Å². The van der Waals surface area contributed by atoms with E-state index in [4.69, 9.17) is 0 Å². The van der Waals surface area contributed by atoms with E-state index >= 15 is 0 Å². The minimum absolute atomic E-state index is 0.00350. The van der Waals surface area contributed by atoms with Crippen LogP contribution in [-0.4, -0.2) is 17.5 Å². The molecular weight excluding hydrogens is 377 g/mol.